The van der Waals surface area contributed by atoms with Gasteiger partial charge in [-0.05, 0) is 18.4 Å². The summed E-state index contributed by atoms with van der Waals surface area (Å²) in [4.78, 5) is 0. The normalized spacial score (nSPS) is 18.1. The van der Waals surface area contributed by atoms with Gasteiger partial charge in [0.15, 0.2) is 11.5 Å². The topological polar surface area (TPSA) is 49.0 Å². The zero-order chi connectivity index (χ0) is 14.4. The number of ether oxygens (including phenoxy) is 4. The fourth-order valence-electron chi connectivity index (χ4n) is 2.39. The molecule has 0 radical (unpaired) electrons. The largest absolute Gasteiger partial charge is 0.496 e. The molecule has 0 bridgehead atoms. The van der Waals surface area contributed by atoms with Crippen molar-refractivity contribution < 1.29 is 18.9 Å². The molecule has 5 nitrogen and oxygen atoms in total. The maximum absolute atomic E-state index is 5.41. The van der Waals surface area contributed by atoms with E-state index in [1.807, 2.05) is 12.1 Å². The molecule has 0 aromatic heterocycles. The molecular weight excluding hydrogens is 258 g/mol. The molecule has 2 rings (SSSR count). The van der Waals surface area contributed by atoms with Gasteiger partial charge in [-0.1, -0.05) is 0 Å². The van der Waals surface area contributed by atoms with Gasteiger partial charge in [-0.25, -0.2) is 0 Å². The first-order valence-electron chi connectivity index (χ1n) is 6.85. The van der Waals surface area contributed by atoms with Crippen LogP contribution < -0.4 is 19.5 Å². The second-order valence-electron chi connectivity index (χ2n) is 4.88. The van der Waals surface area contributed by atoms with Gasteiger partial charge in [-0.15, -0.1) is 0 Å². The third-order valence-electron chi connectivity index (χ3n) is 3.56. The molecular formula is C15H23NO4. The molecule has 112 valence electrons. The molecule has 1 heterocycles. The van der Waals surface area contributed by atoms with E-state index in [0.29, 0.717) is 17.4 Å². The third-order valence-corrected chi connectivity index (χ3v) is 3.56. The summed E-state index contributed by atoms with van der Waals surface area (Å²) in [5.41, 5.74) is 1.06. The molecule has 1 atom stereocenters. The summed E-state index contributed by atoms with van der Waals surface area (Å²) >= 11 is 0. The van der Waals surface area contributed by atoms with Gasteiger partial charge >= 0.3 is 0 Å². The standard InChI is InChI=1S/C15H23NO4/c1-17-13-7-15(19-3)14(18-2)6-12(13)9-16-8-11-4-5-20-10-11/h6-7,11,16H,4-5,8-10H2,1-3H3. The van der Waals surface area contributed by atoms with E-state index in [1.54, 1.807) is 21.3 Å². The Labute approximate surface area is 120 Å². The molecule has 1 aliphatic heterocycles. The van der Waals surface area contributed by atoms with Crippen molar-refractivity contribution in [3.63, 3.8) is 0 Å². The fourth-order valence-corrected chi connectivity index (χ4v) is 2.39. The molecule has 0 saturated carbocycles. The second kappa shape index (κ2) is 7.36. The average Bonchev–Trinajstić information content (AvgIpc) is 2.99. The summed E-state index contributed by atoms with van der Waals surface area (Å²) in [6, 6.07) is 3.81. The van der Waals surface area contributed by atoms with Gasteiger partial charge in [-0.2, -0.15) is 0 Å². The molecule has 20 heavy (non-hydrogen) atoms. The minimum absolute atomic E-state index is 0.612. The van der Waals surface area contributed by atoms with Crippen molar-refractivity contribution in [2.24, 2.45) is 5.92 Å². The van der Waals surface area contributed by atoms with Gasteiger partial charge < -0.3 is 24.3 Å². The molecule has 0 amide bonds. The quantitative estimate of drug-likeness (QED) is 0.826. The van der Waals surface area contributed by atoms with Gasteiger partial charge in [0, 0.05) is 31.3 Å². The molecule has 1 aromatic rings. The zero-order valence-electron chi connectivity index (χ0n) is 12.4. The van der Waals surface area contributed by atoms with Crippen LogP contribution in [0.1, 0.15) is 12.0 Å². The highest BCUT2D eigenvalue weighted by atomic mass is 16.5. The Morgan fingerprint density at radius 1 is 1.10 bits per heavy atom. The minimum atomic E-state index is 0.612. The number of hydrogen-bond donors (Lipinski definition) is 1. The molecule has 1 aromatic carbocycles. The Hall–Kier alpha value is -1.46. The molecule has 1 saturated heterocycles. The minimum Gasteiger partial charge on any atom is -0.496 e. The highest BCUT2D eigenvalue weighted by Gasteiger charge is 2.16. The zero-order valence-corrected chi connectivity index (χ0v) is 12.4. The Balaban J connectivity index is 2.01. The SMILES string of the molecule is COc1cc(OC)c(OC)cc1CNCC1CCOC1. The number of rotatable bonds is 7. The molecule has 1 aliphatic rings. The van der Waals surface area contributed by atoms with E-state index in [4.69, 9.17) is 18.9 Å². The van der Waals surface area contributed by atoms with Crippen molar-refractivity contribution in [3.05, 3.63) is 17.7 Å². The van der Waals surface area contributed by atoms with Crippen molar-refractivity contribution in [1.29, 1.82) is 0 Å². The van der Waals surface area contributed by atoms with Gasteiger partial charge in [0.05, 0.1) is 27.9 Å². The summed E-state index contributed by atoms with van der Waals surface area (Å²) in [6.45, 7) is 3.43. The Morgan fingerprint density at radius 2 is 1.80 bits per heavy atom. The Bertz CT molecular complexity index is 430. The first-order valence-corrected chi connectivity index (χ1v) is 6.85. The van der Waals surface area contributed by atoms with Crippen LogP contribution in [0.5, 0.6) is 17.2 Å². The van der Waals surface area contributed by atoms with E-state index in [2.05, 4.69) is 5.32 Å². The van der Waals surface area contributed by atoms with E-state index in [-0.39, 0.29) is 0 Å². The fraction of sp³-hybridized carbons (Fsp3) is 0.600. The van der Waals surface area contributed by atoms with Gasteiger partial charge in [-0.3, -0.25) is 0 Å². The van der Waals surface area contributed by atoms with Crippen LogP contribution in [-0.2, 0) is 11.3 Å². The van der Waals surface area contributed by atoms with Crippen LogP contribution in [0.2, 0.25) is 0 Å². The van der Waals surface area contributed by atoms with E-state index >= 15 is 0 Å². The van der Waals surface area contributed by atoms with Crippen molar-refractivity contribution >= 4 is 0 Å². The van der Waals surface area contributed by atoms with Crippen LogP contribution in [-0.4, -0.2) is 41.1 Å². The molecule has 1 unspecified atom stereocenters. The van der Waals surface area contributed by atoms with Crippen LogP contribution in [0.3, 0.4) is 0 Å². The summed E-state index contributed by atoms with van der Waals surface area (Å²) < 4.78 is 21.4. The third kappa shape index (κ3) is 3.55. The summed E-state index contributed by atoms with van der Waals surface area (Å²) in [5.74, 6) is 2.81. The molecule has 1 fully saturated rings. The van der Waals surface area contributed by atoms with Gasteiger partial charge in [0.25, 0.3) is 0 Å². The monoisotopic (exact) mass is 281 g/mol. The van der Waals surface area contributed by atoms with Crippen LogP contribution in [0.15, 0.2) is 12.1 Å². The van der Waals surface area contributed by atoms with E-state index in [1.165, 1.54) is 0 Å². The first kappa shape index (κ1) is 14.9. The second-order valence-corrected chi connectivity index (χ2v) is 4.88. The number of nitrogens with one attached hydrogen (secondary N) is 1. The lowest BCUT2D eigenvalue weighted by atomic mass is 10.1. The lowest BCUT2D eigenvalue weighted by Crippen LogP contribution is -2.22. The highest BCUT2D eigenvalue weighted by Crippen LogP contribution is 2.34. The molecule has 1 N–H and O–H groups in total. The van der Waals surface area contributed by atoms with Gasteiger partial charge in [0.1, 0.15) is 5.75 Å². The van der Waals surface area contributed by atoms with E-state index in [0.717, 1.165) is 44.0 Å². The highest BCUT2D eigenvalue weighted by molar-refractivity contribution is 5.50. The van der Waals surface area contributed by atoms with Crippen LogP contribution in [0.25, 0.3) is 0 Å². The van der Waals surface area contributed by atoms with Crippen molar-refractivity contribution in [1.82, 2.24) is 5.32 Å². The Kier molecular flexibility index (Phi) is 5.49. The lowest BCUT2D eigenvalue weighted by Gasteiger charge is -2.15. The molecule has 0 aliphatic carbocycles. The lowest BCUT2D eigenvalue weighted by molar-refractivity contribution is 0.185. The predicted molar refractivity (Wildman–Crippen MR) is 76.7 cm³/mol. The van der Waals surface area contributed by atoms with E-state index < -0.39 is 0 Å². The summed E-state index contributed by atoms with van der Waals surface area (Å²) in [7, 11) is 4.92. The maximum atomic E-state index is 5.41. The predicted octanol–water partition coefficient (Wildman–Crippen LogP) is 1.84. The van der Waals surface area contributed by atoms with Crippen molar-refractivity contribution in [2.75, 3.05) is 41.1 Å². The number of methoxy groups -OCH3 is 3. The maximum Gasteiger partial charge on any atom is 0.164 e. The number of hydrogen-bond acceptors (Lipinski definition) is 5. The number of benzene rings is 1. The first-order chi connectivity index (χ1) is 9.78. The molecule has 0 spiro atoms. The average molecular weight is 281 g/mol. The van der Waals surface area contributed by atoms with Crippen molar-refractivity contribution in [3.8, 4) is 17.2 Å². The van der Waals surface area contributed by atoms with E-state index in [9.17, 15) is 0 Å². The van der Waals surface area contributed by atoms with Crippen LogP contribution in [0, 0.1) is 5.92 Å². The van der Waals surface area contributed by atoms with Gasteiger partial charge in [0.2, 0.25) is 0 Å². The summed E-state index contributed by atoms with van der Waals surface area (Å²) in [5, 5.41) is 3.45. The smallest absolute Gasteiger partial charge is 0.164 e. The van der Waals surface area contributed by atoms with Crippen molar-refractivity contribution in [2.45, 2.75) is 13.0 Å². The van der Waals surface area contributed by atoms with Crippen LogP contribution in [0.4, 0.5) is 0 Å². The summed E-state index contributed by atoms with van der Waals surface area (Å²) in [6.07, 6.45) is 1.13. The Morgan fingerprint density at radius 3 is 2.40 bits per heavy atom. The van der Waals surface area contributed by atoms with Crippen LogP contribution >= 0.6 is 0 Å². The molecule has 5 heteroatoms.